The van der Waals surface area contributed by atoms with Crippen LogP contribution in [-0.4, -0.2) is 15.0 Å². The molecule has 0 unspecified atom stereocenters. The Bertz CT molecular complexity index is 2540. The lowest BCUT2D eigenvalue weighted by Crippen LogP contribution is -2.00. The predicted octanol–water partition coefficient (Wildman–Crippen LogP) is 10.7. The van der Waals surface area contributed by atoms with Crippen LogP contribution in [-0.2, 0) is 0 Å². The molecule has 0 bridgehead atoms. The minimum Gasteiger partial charge on any atom is -0.456 e. The summed E-state index contributed by atoms with van der Waals surface area (Å²) in [7, 11) is 0. The van der Waals surface area contributed by atoms with Crippen LogP contribution in [0.4, 0.5) is 0 Å². The first-order valence-corrected chi connectivity index (χ1v) is 15.0. The van der Waals surface area contributed by atoms with E-state index < -0.39 is 0 Å². The summed E-state index contributed by atoms with van der Waals surface area (Å²) in [6.07, 6.45) is 0. The molecule has 0 saturated carbocycles. The van der Waals surface area contributed by atoms with E-state index in [0.29, 0.717) is 17.5 Å². The van der Waals surface area contributed by atoms with Crippen LogP contribution >= 0.6 is 0 Å². The number of aromatic nitrogens is 3. The van der Waals surface area contributed by atoms with Crippen molar-refractivity contribution >= 4 is 43.5 Å². The summed E-state index contributed by atoms with van der Waals surface area (Å²) in [5, 5.41) is 6.69. The van der Waals surface area contributed by atoms with Crippen molar-refractivity contribution < 1.29 is 4.42 Å². The molecule has 4 heteroatoms. The molecule has 0 aliphatic carbocycles. The van der Waals surface area contributed by atoms with Crippen LogP contribution in [0.3, 0.4) is 0 Å². The summed E-state index contributed by atoms with van der Waals surface area (Å²) in [6.45, 7) is 0. The molecule has 2 aromatic heterocycles. The van der Waals surface area contributed by atoms with Crippen molar-refractivity contribution in [3.63, 3.8) is 0 Å². The van der Waals surface area contributed by atoms with Crippen LogP contribution in [0.25, 0.3) is 88.8 Å². The van der Waals surface area contributed by atoms with Crippen molar-refractivity contribution in [3.05, 3.63) is 152 Å². The summed E-state index contributed by atoms with van der Waals surface area (Å²) in [4.78, 5) is 15.3. The Kier molecular flexibility index (Phi) is 5.78. The van der Waals surface area contributed by atoms with E-state index in [0.717, 1.165) is 60.5 Å². The lowest BCUT2D eigenvalue weighted by Gasteiger charge is -2.11. The van der Waals surface area contributed by atoms with Crippen LogP contribution in [0.1, 0.15) is 0 Å². The second-order valence-corrected chi connectivity index (χ2v) is 11.2. The lowest BCUT2D eigenvalue weighted by molar-refractivity contribution is 0.669. The highest BCUT2D eigenvalue weighted by molar-refractivity contribution is 6.17. The quantitative estimate of drug-likeness (QED) is 0.209. The molecule has 0 saturated heterocycles. The third-order valence-electron chi connectivity index (χ3n) is 8.52. The predicted molar refractivity (Wildman–Crippen MR) is 184 cm³/mol. The Labute approximate surface area is 259 Å². The highest BCUT2D eigenvalue weighted by Crippen LogP contribution is 2.42. The van der Waals surface area contributed by atoms with Crippen molar-refractivity contribution in [2.24, 2.45) is 0 Å². The molecule has 0 aliphatic rings. The van der Waals surface area contributed by atoms with Gasteiger partial charge < -0.3 is 4.42 Å². The van der Waals surface area contributed by atoms with E-state index in [4.69, 9.17) is 19.4 Å². The van der Waals surface area contributed by atoms with Gasteiger partial charge in [0.25, 0.3) is 0 Å². The third-order valence-corrected chi connectivity index (χ3v) is 8.52. The van der Waals surface area contributed by atoms with Gasteiger partial charge in [-0.15, -0.1) is 0 Å². The summed E-state index contributed by atoms with van der Waals surface area (Å²) in [5.74, 6) is 1.87. The zero-order valence-corrected chi connectivity index (χ0v) is 24.2. The topological polar surface area (TPSA) is 51.8 Å². The average Bonchev–Trinajstić information content (AvgIpc) is 3.51. The van der Waals surface area contributed by atoms with Gasteiger partial charge in [0.05, 0.1) is 0 Å². The molecule has 45 heavy (non-hydrogen) atoms. The van der Waals surface area contributed by atoms with Gasteiger partial charge in [0.2, 0.25) is 0 Å². The van der Waals surface area contributed by atoms with E-state index >= 15 is 0 Å². The Morgan fingerprint density at radius 1 is 0.356 bits per heavy atom. The number of rotatable bonds is 4. The Morgan fingerprint density at radius 2 is 0.933 bits per heavy atom. The van der Waals surface area contributed by atoms with E-state index in [1.54, 1.807) is 0 Å². The van der Waals surface area contributed by atoms with Crippen molar-refractivity contribution in [1.82, 2.24) is 15.0 Å². The molecular weight excluding hydrogens is 550 g/mol. The van der Waals surface area contributed by atoms with Crippen molar-refractivity contribution in [2.45, 2.75) is 0 Å². The normalized spacial score (nSPS) is 11.6. The smallest absolute Gasteiger partial charge is 0.164 e. The van der Waals surface area contributed by atoms with Gasteiger partial charge in [-0.3, -0.25) is 0 Å². The van der Waals surface area contributed by atoms with Gasteiger partial charge in [-0.25, -0.2) is 15.0 Å². The summed E-state index contributed by atoms with van der Waals surface area (Å²) in [6, 6.07) is 52.2. The van der Waals surface area contributed by atoms with Crippen LogP contribution in [0.15, 0.2) is 156 Å². The Morgan fingerprint density at radius 3 is 1.76 bits per heavy atom. The average molecular weight is 576 g/mol. The van der Waals surface area contributed by atoms with Crippen molar-refractivity contribution in [1.29, 1.82) is 0 Å². The van der Waals surface area contributed by atoms with Gasteiger partial charge >= 0.3 is 0 Å². The fourth-order valence-electron chi connectivity index (χ4n) is 6.40. The molecule has 9 rings (SSSR count). The Balaban J connectivity index is 1.33. The van der Waals surface area contributed by atoms with Gasteiger partial charge in [0.1, 0.15) is 11.2 Å². The molecule has 0 fully saturated rings. The van der Waals surface area contributed by atoms with E-state index in [1.165, 1.54) is 10.8 Å². The minimum absolute atomic E-state index is 0.605. The van der Waals surface area contributed by atoms with Crippen LogP contribution in [0, 0.1) is 0 Å². The van der Waals surface area contributed by atoms with Crippen LogP contribution in [0.2, 0.25) is 0 Å². The van der Waals surface area contributed by atoms with Crippen LogP contribution < -0.4 is 0 Å². The van der Waals surface area contributed by atoms with Crippen molar-refractivity contribution in [2.75, 3.05) is 0 Å². The summed E-state index contributed by atoms with van der Waals surface area (Å²) in [5.41, 5.74) is 6.67. The third kappa shape index (κ3) is 4.27. The molecule has 9 aromatic rings. The maximum Gasteiger partial charge on any atom is 0.164 e. The monoisotopic (exact) mass is 575 g/mol. The molecular formula is C41H25N3O. The molecule has 0 amide bonds. The van der Waals surface area contributed by atoms with E-state index in [2.05, 4.69) is 103 Å². The van der Waals surface area contributed by atoms with Gasteiger partial charge in [0.15, 0.2) is 17.5 Å². The number of furan rings is 1. The van der Waals surface area contributed by atoms with E-state index in [1.807, 2.05) is 48.5 Å². The molecule has 0 spiro atoms. The second-order valence-electron chi connectivity index (χ2n) is 11.2. The number of fused-ring (bicyclic) bond motifs is 5. The highest BCUT2D eigenvalue weighted by atomic mass is 16.3. The van der Waals surface area contributed by atoms with Gasteiger partial charge in [-0.05, 0) is 50.9 Å². The largest absolute Gasteiger partial charge is 0.456 e. The van der Waals surface area contributed by atoms with E-state index in [-0.39, 0.29) is 0 Å². The first kappa shape index (κ1) is 25.4. The minimum atomic E-state index is 0.605. The molecule has 0 N–H and O–H groups in total. The summed E-state index contributed by atoms with van der Waals surface area (Å²) >= 11 is 0. The summed E-state index contributed by atoms with van der Waals surface area (Å²) < 4.78 is 6.48. The van der Waals surface area contributed by atoms with Crippen LogP contribution in [0.5, 0.6) is 0 Å². The number of benzene rings is 7. The second kappa shape index (κ2) is 10.2. The molecule has 0 atom stereocenters. The SMILES string of the molecule is c1ccc(-c2nc(-c3cccc4ccccc34)nc(-c3cccc4oc5cccc(-c6ccc7ccccc7c6)c5c34)n2)cc1. The van der Waals surface area contributed by atoms with Gasteiger partial charge in [-0.1, -0.05) is 133 Å². The molecule has 7 aromatic carbocycles. The maximum atomic E-state index is 6.48. The standard InChI is InChI=1S/C41H25N3O/c1-2-13-28(14-3-1)39-42-40(33-19-8-16-27-12-6-7-17-31(27)33)44-41(43-39)34-20-10-22-36-38(34)37-32(18-9-21-35(37)45-36)30-24-23-26-11-4-5-15-29(26)25-30/h1-25H. The molecule has 2 heterocycles. The molecule has 210 valence electrons. The van der Waals surface area contributed by atoms with Gasteiger partial charge in [-0.2, -0.15) is 0 Å². The fourth-order valence-corrected chi connectivity index (χ4v) is 6.40. The maximum absolute atomic E-state index is 6.48. The highest BCUT2D eigenvalue weighted by Gasteiger charge is 2.20. The zero-order chi connectivity index (χ0) is 29.7. The molecule has 0 radical (unpaired) electrons. The van der Waals surface area contributed by atoms with Gasteiger partial charge in [0, 0.05) is 27.5 Å². The first-order chi connectivity index (χ1) is 22.3. The number of hydrogen-bond acceptors (Lipinski definition) is 4. The lowest BCUT2D eigenvalue weighted by atomic mass is 9.95. The molecule has 4 nitrogen and oxygen atoms in total. The number of hydrogen-bond donors (Lipinski definition) is 0. The van der Waals surface area contributed by atoms with Crippen molar-refractivity contribution in [3.8, 4) is 45.3 Å². The Hall–Kier alpha value is -6.13. The first-order valence-electron chi connectivity index (χ1n) is 15.0. The fraction of sp³-hybridized carbons (Fsp3) is 0. The zero-order valence-electron chi connectivity index (χ0n) is 24.2. The van der Waals surface area contributed by atoms with E-state index in [9.17, 15) is 0 Å². The number of nitrogens with zero attached hydrogens (tertiary/aromatic N) is 3. The molecule has 0 aliphatic heterocycles.